The van der Waals surface area contributed by atoms with Crippen LogP contribution in [0.15, 0.2) is 42.5 Å². The molecule has 19 heavy (non-hydrogen) atoms. The predicted octanol–water partition coefficient (Wildman–Crippen LogP) is 3.47. The van der Waals surface area contributed by atoms with E-state index in [1.165, 1.54) is 28.1 Å². The van der Waals surface area contributed by atoms with Gasteiger partial charge in [-0.2, -0.15) is 4.58 Å². The van der Waals surface area contributed by atoms with Gasteiger partial charge >= 0.3 is 0 Å². The SMILES string of the molecule is Cc1cc2c(cc1C)N(C)C[N+](c1ccccc1)=C2. The highest BCUT2D eigenvalue weighted by Gasteiger charge is 2.22. The van der Waals surface area contributed by atoms with Crippen LogP contribution in [0.4, 0.5) is 11.4 Å². The Morgan fingerprint density at radius 2 is 1.68 bits per heavy atom. The van der Waals surface area contributed by atoms with Crippen molar-refractivity contribution in [2.24, 2.45) is 0 Å². The number of nitrogens with zero attached hydrogens (tertiary/aromatic N) is 2. The molecule has 0 atom stereocenters. The van der Waals surface area contributed by atoms with Crippen LogP contribution in [0.25, 0.3) is 0 Å². The zero-order chi connectivity index (χ0) is 13.4. The number of benzene rings is 2. The maximum absolute atomic E-state index is 2.30. The van der Waals surface area contributed by atoms with Crippen molar-refractivity contribution >= 4 is 17.6 Å². The Balaban J connectivity index is 2.11. The van der Waals surface area contributed by atoms with E-state index in [0.29, 0.717) is 0 Å². The number of para-hydroxylation sites is 1. The molecule has 0 fully saturated rings. The third kappa shape index (κ3) is 2.14. The Hall–Kier alpha value is -2.09. The summed E-state index contributed by atoms with van der Waals surface area (Å²) in [5, 5.41) is 0. The number of aryl methyl sites for hydroxylation is 2. The number of rotatable bonds is 1. The summed E-state index contributed by atoms with van der Waals surface area (Å²) in [4.78, 5) is 2.30. The largest absolute Gasteiger partial charge is 0.319 e. The lowest BCUT2D eigenvalue weighted by Crippen LogP contribution is -2.32. The summed E-state index contributed by atoms with van der Waals surface area (Å²) in [5.74, 6) is 0. The van der Waals surface area contributed by atoms with Crippen molar-refractivity contribution in [2.45, 2.75) is 13.8 Å². The molecule has 1 aliphatic heterocycles. The minimum absolute atomic E-state index is 0.888. The van der Waals surface area contributed by atoms with Gasteiger partial charge in [0.1, 0.15) is 0 Å². The minimum atomic E-state index is 0.888. The fourth-order valence-electron chi connectivity index (χ4n) is 2.55. The smallest absolute Gasteiger partial charge is 0.224 e. The molecule has 0 N–H and O–H groups in total. The van der Waals surface area contributed by atoms with Crippen molar-refractivity contribution in [2.75, 3.05) is 18.6 Å². The Labute approximate surface area is 114 Å². The maximum atomic E-state index is 2.30. The molecular weight excluding hydrogens is 232 g/mol. The first kappa shape index (κ1) is 12.0. The van der Waals surface area contributed by atoms with Gasteiger partial charge in [0, 0.05) is 19.2 Å². The van der Waals surface area contributed by atoms with E-state index in [4.69, 9.17) is 0 Å². The van der Waals surface area contributed by atoms with E-state index in [9.17, 15) is 0 Å². The van der Waals surface area contributed by atoms with E-state index in [2.05, 4.69) is 79.0 Å². The van der Waals surface area contributed by atoms with Gasteiger partial charge in [-0.1, -0.05) is 18.2 Å². The highest BCUT2D eigenvalue weighted by Crippen LogP contribution is 2.26. The van der Waals surface area contributed by atoms with Crippen molar-refractivity contribution in [3.8, 4) is 0 Å². The van der Waals surface area contributed by atoms with E-state index in [1.54, 1.807) is 0 Å². The van der Waals surface area contributed by atoms with Crippen LogP contribution in [0.1, 0.15) is 16.7 Å². The van der Waals surface area contributed by atoms with Gasteiger partial charge in [0.15, 0.2) is 6.21 Å². The maximum Gasteiger partial charge on any atom is 0.224 e. The van der Waals surface area contributed by atoms with Gasteiger partial charge in [-0.3, -0.25) is 0 Å². The number of hydrogen-bond donors (Lipinski definition) is 0. The van der Waals surface area contributed by atoms with E-state index in [0.717, 1.165) is 6.67 Å². The molecule has 0 radical (unpaired) electrons. The lowest BCUT2D eigenvalue weighted by molar-refractivity contribution is -0.435. The quantitative estimate of drug-likeness (QED) is 0.703. The topological polar surface area (TPSA) is 6.25 Å². The molecule has 0 amide bonds. The highest BCUT2D eigenvalue weighted by atomic mass is 15.3. The first-order valence-electron chi connectivity index (χ1n) is 6.64. The van der Waals surface area contributed by atoms with Gasteiger partial charge in [0.05, 0.1) is 11.3 Å². The molecule has 0 unspecified atom stereocenters. The molecule has 96 valence electrons. The second kappa shape index (κ2) is 4.54. The van der Waals surface area contributed by atoms with E-state index in [1.807, 2.05) is 0 Å². The van der Waals surface area contributed by atoms with Gasteiger partial charge in [-0.25, -0.2) is 0 Å². The summed E-state index contributed by atoms with van der Waals surface area (Å²) in [7, 11) is 2.15. The van der Waals surface area contributed by atoms with Gasteiger partial charge in [-0.05, 0) is 37.1 Å². The molecule has 0 aliphatic carbocycles. The summed E-state index contributed by atoms with van der Waals surface area (Å²) in [6.07, 6.45) is 2.25. The molecule has 0 spiro atoms. The molecule has 3 rings (SSSR count). The average molecular weight is 251 g/mol. The molecule has 2 aromatic carbocycles. The Morgan fingerprint density at radius 1 is 1.00 bits per heavy atom. The highest BCUT2D eigenvalue weighted by molar-refractivity contribution is 5.87. The normalized spacial score (nSPS) is 14.1. The molecular formula is C17H19N2+. The average Bonchev–Trinajstić information content (AvgIpc) is 2.42. The van der Waals surface area contributed by atoms with Crippen LogP contribution in [0.3, 0.4) is 0 Å². The van der Waals surface area contributed by atoms with Gasteiger partial charge < -0.3 is 4.90 Å². The Bertz CT molecular complexity index is 642. The predicted molar refractivity (Wildman–Crippen MR) is 80.7 cm³/mol. The first-order chi connectivity index (χ1) is 9.15. The van der Waals surface area contributed by atoms with Crippen molar-refractivity contribution < 1.29 is 4.58 Å². The van der Waals surface area contributed by atoms with Gasteiger partial charge in [-0.15, -0.1) is 0 Å². The third-order valence-electron chi connectivity index (χ3n) is 3.80. The fourth-order valence-corrected chi connectivity index (χ4v) is 2.55. The molecule has 0 aromatic heterocycles. The second-order valence-electron chi connectivity index (χ2n) is 5.27. The lowest BCUT2D eigenvalue weighted by atomic mass is 10.0. The van der Waals surface area contributed by atoms with Crippen LogP contribution < -0.4 is 4.90 Å². The Kier molecular flexibility index (Phi) is 2.86. The zero-order valence-electron chi connectivity index (χ0n) is 11.7. The van der Waals surface area contributed by atoms with Crippen molar-refractivity contribution in [3.63, 3.8) is 0 Å². The summed E-state index contributed by atoms with van der Waals surface area (Å²) >= 11 is 0. The van der Waals surface area contributed by atoms with Crippen molar-refractivity contribution in [1.82, 2.24) is 0 Å². The van der Waals surface area contributed by atoms with Crippen LogP contribution in [0.5, 0.6) is 0 Å². The van der Waals surface area contributed by atoms with E-state index in [-0.39, 0.29) is 0 Å². The third-order valence-corrected chi connectivity index (χ3v) is 3.80. The molecule has 1 aliphatic rings. The molecule has 2 nitrogen and oxygen atoms in total. The summed E-state index contributed by atoms with van der Waals surface area (Å²) in [5.41, 5.74) is 6.54. The lowest BCUT2D eigenvalue weighted by Gasteiger charge is -2.24. The van der Waals surface area contributed by atoms with Gasteiger partial charge in [0.2, 0.25) is 12.4 Å². The Morgan fingerprint density at radius 3 is 2.42 bits per heavy atom. The first-order valence-corrected chi connectivity index (χ1v) is 6.64. The zero-order valence-corrected chi connectivity index (χ0v) is 11.7. The minimum Gasteiger partial charge on any atom is -0.319 e. The van der Waals surface area contributed by atoms with Crippen LogP contribution in [0.2, 0.25) is 0 Å². The molecule has 2 heteroatoms. The van der Waals surface area contributed by atoms with Crippen LogP contribution in [0, 0.1) is 13.8 Å². The molecule has 1 heterocycles. The molecule has 2 aromatic rings. The van der Waals surface area contributed by atoms with Crippen molar-refractivity contribution in [3.05, 3.63) is 59.2 Å². The van der Waals surface area contributed by atoms with Gasteiger partial charge in [0.25, 0.3) is 0 Å². The van der Waals surface area contributed by atoms with Crippen LogP contribution in [-0.2, 0) is 0 Å². The summed E-state index contributed by atoms with van der Waals surface area (Å²) < 4.78 is 2.29. The molecule has 0 saturated carbocycles. The molecule has 0 bridgehead atoms. The molecule has 0 saturated heterocycles. The van der Waals surface area contributed by atoms with E-state index >= 15 is 0 Å². The van der Waals surface area contributed by atoms with Crippen molar-refractivity contribution in [1.29, 1.82) is 0 Å². The second-order valence-corrected chi connectivity index (χ2v) is 5.27. The fraction of sp³-hybridized carbons (Fsp3) is 0.235. The monoisotopic (exact) mass is 251 g/mol. The standard InChI is InChI=1S/C17H19N2/c1-13-9-15-11-19(16-7-5-4-6-8-16)12-18(3)17(15)10-14(13)2/h4-11H,12H2,1-3H3/q+1. The van der Waals surface area contributed by atoms with E-state index < -0.39 is 0 Å². The number of anilines is 1. The van der Waals surface area contributed by atoms with Crippen LogP contribution >= 0.6 is 0 Å². The summed E-state index contributed by atoms with van der Waals surface area (Å²) in [6.45, 7) is 5.23. The van der Waals surface area contributed by atoms with Crippen LogP contribution in [-0.4, -0.2) is 24.5 Å². The summed E-state index contributed by atoms with van der Waals surface area (Å²) in [6, 6.07) is 15.1. The number of fused-ring (bicyclic) bond motifs is 1. The number of hydrogen-bond acceptors (Lipinski definition) is 1.